The van der Waals surface area contributed by atoms with Gasteiger partial charge in [0.15, 0.2) is 0 Å². The SMILES string of the molecule is Cc1c(-c2ccnn2-c2ccc(C#N)cc2)n(C(=O)N[C@H]2C[C@H](C[N+](C)(C)C)C2)c(=O)n1-c1cccc(C(F)(F)F)c1. The van der Waals surface area contributed by atoms with Crippen molar-refractivity contribution >= 4 is 6.03 Å². The molecule has 1 fully saturated rings. The number of aromatic nitrogens is 4. The highest BCUT2D eigenvalue weighted by atomic mass is 19.4. The van der Waals surface area contributed by atoms with Gasteiger partial charge in [0, 0.05) is 12.0 Å². The number of carbonyl (C=O) groups excluding carboxylic acids is 1. The van der Waals surface area contributed by atoms with Crippen LogP contribution in [-0.4, -0.2) is 63.2 Å². The third-order valence-corrected chi connectivity index (χ3v) is 7.41. The number of imidazole rings is 1. The van der Waals surface area contributed by atoms with Gasteiger partial charge in [0.25, 0.3) is 0 Å². The molecule has 4 aromatic rings. The van der Waals surface area contributed by atoms with Crippen LogP contribution in [0.4, 0.5) is 18.0 Å². The van der Waals surface area contributed by atoms with Crippen molar-refractivity contribution < 1.29 is 22.4 Å². The van der Waals surface area contributed by atoms with Crippen LogP contribution in [0.25, 0.3) is 22.8 Å². The van der Waals surface area contributed by atoms with E-state index < -0.39 is 23.5 Å². The minimum atomic E-state index is -4.61. The third kappa shape index (κ3) is 5.60. The number of nitrogens with one attached hydrogen (secondary N) is 1. The number of nitriles is 1. The van der Waals surface area contributed by atoms with Crippen LogP contribution in [0.15, 0.2) is 65.6 Å². The molecule has 1 aliphatic rings. The minimum Gasteiger partial charge on any atom is -0.335 e. The highest BCUT2D eigenvalue weighted by Crippen LogP contribution is 2.33. The van der Waals surface area contributed by atoms with E-state index in [1.807, 2.05) is 0 Å². The summed E-state index contributed by atoms with van der Waals surface area (Å²) in [7, 11) is 6.32. The summed E-state index contributed by atoms with van der Waals surface area (Å²) in [5.41, 5.74) is 0.129. The first-order chi connectivity index (χ1) is 19.8. The normalized spacial score (nSPS) is 17.0. The highest BCUT2D eigenvalue weighted by Gasteiger charge is 2.36. The monoisotopic (exact) mass is 578 g/mol. The number of halogens is 3. The average Bonchev–Trinajstić information content (AvgIpc) is 3.48. The Morgan fingerprint density at radius 1 is 1.10 bits per heavy atom. The molecule has 218 valence electrons. The summed E-state index contributed by atoms with van der Waals surface area (Å²) < 4.78 is 45.0. The van der Waals surface area contributed by atoms with E-state index >= 15 is 0 Å². The average molecular weight is 579 g/mol. The van der Waals surface area contributed by atoms with Crippen LogP contribution in [0.1, 0.15) is 29.7 Å². The van der Waals surface area contributed by atoms with Gasteiger partial charge in [0.2, 0.25) is 0 Å². The number of nitrogens with zero attached hydrogens (tertiary/aromatic N) is 6. The molecule has 0 spiro atoms. The fourth-order valence-electron chi connectivity index (χ4n) is 5.60. The van der Waals surface area contributed by atoms with E-state index in [-0.39, 0.29) is 23.1 Å². The molecule has 2 aromatic carbocycles. The first-order valence-corrected chi connectivity index (χ1v) is 13.4. The summed E-state index contributed by atoms with van der Waals surface area (Å²) in [6, 6.07) is 13.9. The van der Waals surface area contributed by atoms with E-state index in [1.165, 1.54) is 23.0 Å². The molecule has 9 nitrogen and oxygen atoms in total. The minimum absolute atomic E-state index is 0.0174. The first-order valence-electron chi connectivity index (χ1n) is 13.4. The van der Waals surface area contributed by atoms with Crippen molar-refractivity contribution in [3.05, 3.63) is 88.1 Å². The van der Waals surface area contributed by atoms with Gasteiger partial charge < -0.3 is 9.80 Å². The number of carbonyl (C=O) groups is 1. The van der Waals surface area contributed by atoms with Gasteiger partial charge >= 0.3 is 17.9 Å². The molecular formula is C30H31F3N7O2+. The van der Waals surface area contributed by atoms with E-state index in [0.717, 1.165) is 45.1 Å². The largest absolute Gasteiger partial charge is 0.416 e. The smallest absolute Gasteiger partial charge is 0.335 e. The lowest BCUT2D eigenvalue weighted by atomic mass is 9.79. The molecule has 5 rings (SSSR count). The maximum Gasteiger partial charge on any atom is 0.416 e. The van der Waals surface area contributed by atoms with E-state index in [9.17, 15) is 28.0 Å². The molecule has 2 aromatic heterocycles. The Morgan fingerprint density at radius 2 is 1.79 bits per heavy atom. The third-order valence-electron chi connectivity index (χ3n) is 7.41. The van der Waals surface area contributed by atoms with Crippen molar-refractivity contribution in [2.24, 2.45) is 5.92 Å². The molecule has 1 saturated carbocycles. The second-order valence-corrected chi connectivity index (χ2v) is 11.7. The van der Waals surface area contributed by atoms with Crippen molar-refractivity contribution in [2.75, 3.05) is 27.7 Å². The zero-order valence-corrected chi connectivity index (χ0v) is 23.7. The van der Waals surface area contributed by atoms with Crippen LogP contribution in [0.3, 0.4) is 0 Å². The summed E-state index contributed by atoms with van der Waals surface area (Å²) in [4.78, 5) is 27.6. The van der Waals surface area contributed by atoms with Crippen molar-refractivity contribution in [2.45, 2.75) is 32.0 Å². The molecule has 1 aliphatic carbocycles. The predicted molar refractivity (Wildman–Crippen MR) is 150 cm³/mol. The van der Waals surface area contributed by atoms with Crippen LogP contribution in [0.5, 0.6) is 0 Å². The predicted octanol–water partition coefficient (Wildman–Crippen LogP) is 4.73. The van der Waals surface area contributed by atoms with Gasteiger partial charge in [0.1, 0.15) is 5.69 Å². The Morgan fingerprint density at radius 3 is 2.40 bits per heavy atom. The van der Waals surface area contributed by atoms with Crippen LogP contribution >= 0.6 is 0 Å². The number of benzene rings is 2. The zero-order valence-electron chi connectivity index (χ0n) is 23.7. The second-order valence-electron chi connectivity index (χ2n) is 11.7. The summed E-state index contributed by atoms with van der Waals surface area (Å²) in [6.45, 7) is 2.53. The lowest BCUT2D eigenvalue weighted by Gasteiger charge is -2.39. The summed E-state index contributed by atoms with van der Waals surface area (Å²) in [5.74, 6) is 0.431. The molecular weight excluding hydrogens is 547 g/mol. The standard InChI is InChI=1S/C30H30F3N7O2/c1-19-27(26-12-13-35-39(26)24-10-8-20(17-34)9-11-24)38(28(41)36-23-14-21(15-23)18-40(2,3)4)29(42)37(19)25-7-5-6-22(16-25)30(31,32)33/h5-13,16,21,23H,14-15,18H2,1-4H3/p+1/t21-,23-. The van der Waals surface area contributed by atoms with Crippen molar-refractivity contribution in [1.29, 1.82) is 5.26 Å². The topological polar surface area (TPSA) is 97.6 Å². The van der Waals surface area contributed by atoms with Gasteiger partial charge in [-0.05, 0) is 68.3 Å². The Labute approximate surface area is 240 Å². The van der Waals surface area contributed by atoms with Crippen LogP contribution in [0.2, 0.25) is 0 Å². The number of hydrogen-bond donors (Lipinski definition) is 1. The molecule has 0 saturated heterocycles. The number of hydrogen-bond acceptors (Lipinski definition) is 4. The fraction of sp³-hybridized carbons (Fsp3) is 0.333. The van der Waals surface area contributed by atoms with Gasteiger partial charge in [-0.3, -0.25) is 4.57 Å². The van der Waals surface area contributed by atoms with Gasteiger partial charge in [-0.2, -0.15) is 23.5 Å². The van der Waals surface area contributed by atoms with E-state index in [1.54, 1.807) is 37.3 Å². The first kappa shape index (κ1) is 28.9. The molecule has 1 N–H and O–H groups in total. The van der Waals surface area contributed by atoms with E-state index in [2.05, 4.69) is 37.6 Å². The molecule has 0 unspecified atom stereocenters. The van der Waals surface area contributed by atoms with E-state index in [0.29, 0.717) is 22.9 Å². The fourth-order valence-corrected chi connectivity index (χ4v) is 5.60. The molecule has 0 radical (unpaired) electrons. The van der Waals surface area contributed by atoms with Crippen molar-refractivity contribution in [3.8, 4) is 28.8 Å². The number of rotatable bonds is 6. The molecule has 2 heterocycles. The summed E-state index contributed by atoms with van der Waals surface area (Å²) in [6.07, 6.45) is -1.58. The van der Waals surface area contributed by atoms with Crippen molar-refractivity contribution in [3.63, 3.8) is 0 Å². The van der Waals surface area contributed by atoms with Gasteiger partial charge in [-0.25, -0.2) is 18.8 Å². The maximum absolute atomic E-state index is 13.9. The zero-order chi connectivity index (χ0) is 30.4. The Hall–Kier alpha value is -4.63. The molecule has 42 heavy (non-hydrogen) atoms. The lowest BCUT2D eigenvalue weighted by molar-refractivity contribution is -0.874. The quantitative estimate of drug-likeness (QED) is 0.335. The van der Waals surface area contributed by atoms with Crippen LogP contribution in [0, 0.1) is 24.2 Å². The number of amides is 1. The van der Waals surface area contributed by atoms with Crippen LogP contribution < -0.4 is 11.0 Å². The Kier molecular flexibility index (Phi) is 7.32. The molecule has 1 amide bonds. The Bertz CT molecular complexity index is 1730. The van der Waals surface area contributed by atoms with E-state index in [4.69, 9.17) is 0 Å². The van der Waals surface area contributed by atoms with Gasteiger partial charge in [-0.15, -0.1) is 0 Å². The second kappa shape index (κ2) is 10.6. The van der Waals surface area contributed by atoms with Gasteiger partial charge in [0.05, 0.1) is 73.8 Å². The Balaban J connectivity index is 1.60. The molecule has 0 atom stereocenters. The number of alkyl halides is 3. The summed E-state index contributed by atoms with van der Waals surface area (Å²) in [5, 5.41) is 16.5. The lowest BCUT2D eigenvalue weighted by Crippen LogP contribution is -2.52. The molecule has 0 aliphatic heterocycles. The van der Waals surface area contributed by atoms with Gasteiger partial charge in [-0.1, -0.05) is 6.07 Å². The number of quaternary nitrogens is 1. The molecule has 12 heteroatoms. The maximum atomic E-state index is 13.9. The highest BCUT2D eigenvalue weighted by molar-refractivity contribution is 5.83. The molecule has 0 bridgehead atoms. The summed E-state index contributed by atoms with van der Waals surface area (Å²) >= 11 is 0. The van der Waals surface area contributed by atoms with Crippen LogP contribution in [-0.2, 0) is 6.18 Å². The van der Waals surface area contributed by atoms with Crippen molar-refractivity contribution in [1.82, 2.24) is 24.2 Å².